The average molecular weight is 376 g/mol. The van der Waals surface area contributed by atoms with Gasteiger partial charge < -0.3 is 0 Å². The quantitative estimate of drug-likeness (QED) is 0.836. The van der Waals surface area contributed by atoms with Gasteiger partial charge in [0.05, 0.1) is 21.9 Å². The van der Waals surface area contributed by atoms with Gasteiger partial charge in [0, 0.05) is 5.02 Å². The Bertz CT molecular complexity index is 994. The summed E-state index contributed by atoms with van der Waals surface area (Å²) in [5, 5.41) is 11.2. The number of nitrogens with two attached hydrogens (primary N) is 1. The lowest BCUT2D eigenvalue weighted by molar-refractivity contribution is -0.114. The van der Waals surface area contributed by atoms with E-state index in [1.165, 1.54) is 29.3 Å². The molecule has 0 unspecified atom stereocenters. The molecular weight excluding hydrogens is 362 g/mol. The van der Waals surface area contributed by atoms with Gasteiger partial charge >= 0.3 is 0 Å². The second-order valence-electron chi connectivity index (χ2n) is 5.45. The van der Waals surface area contributed by atoms with Crippen LogP contribution in [0.15, 0.2) is 64.1 Å². The number of hydrogen-bond donors (Lipinski definition) is 1. The standard InChI is InChI=1S/C17H14ClN3O3S/c1-11-16(10-12-2-4-13(18)5-3-12)17(22)21(20-11)14-6-8-15(9-7-14)25(19,23)24/h2-10H,1H3,(H2,19,23,24). The molecule has 0 aliphatic carbocycles. The fourth-order valence-electron chi connectivity index (χ4n) is 2.36. The van der Waals surface area contributed by atoms with Crippen LogP contribution in [0.25, 0.3) is 6.08 Å². The SMILES string of the molecule is CC1=NN(c2ccc(S(N)(=O)=O)cc2)C(=O)C1=Cc1ccc(Cl)cc1. The van der Waals surface area contributed by atoms with Gasteiger partial charge in [-0.2, -0.15) is 10.1 Å². The molecule has 0 atom stereocenters. The molecular formula is C17H14ClN3O3S. The molecule has 1 amide bonds. The minimum atomic E-state index is -3.78. The molecule has 0 aromatic heterocycles. The largest absolute Gasteiger partial charge is 0.280 e. The molecule has 25 heavy (non-hydrogen) atoms. The number of rotatable bonds is 3. The molecule has 0 saturated carbocycles. The Morgan fingerprint density at radius 3 is 2.24 bits per heavy atom. The average Bonchev–Trinajstić information content (AvgIpc) is 2.84. The van der Waals surface area contributed by atoms with Gasteiger partial charge in [0.25, 0.3) is 5.91 Å². The van der Waals surface area contributed by atoms with Gasteiger partial charge in [0.2, 0.25) is 10.0 Å². The van der Waals surface area contributed by atoms with E-state index >= 15 is 0 Å². The maximum Gasteiger partial charge on any atom is 0.280 e. The molecule has 2 N–H and O–H groups in total. The number of primary sulfonamides is 1. The van der Waals surface area contributed by atoms with Crippen molar-refractivity contribution in [1.29, 1.82) is 0 Å². The normalized spacial score (nSPS) is 16.4. The number of sulfonamides is 1. The Hall–Kier alpha value is -2.48. The van der Waals surface area contributed by atoms with Gasteiger partial charge in [0.1, 0.15) is 0 Å². The zero-order valence-electron chi connectivity index (χ0n) is 13.2. The Morgan fingerprint density at radius 1 is 1.08 bits per heavy atom. The van der Waals surface area contributed by atoms with Gasteiger partial charge in [0.15, 0.2) is 0 Å². The molecule has 3 rings (SSSR count). The molecule has 128 valence electrons. The zero-order chi connectivity index (χ0) is 18.2. The first-order valence-corrected chi connectivity index (χ1v) is 9.18. The number of nitrogens with zero attached hydrogens (tertiary/aromatic N) is 2. The van der Waals surface area contributed by atoms with Crippen LogP contribution in [-0.2, 0) is 14.8 Å². The number of carbonyl (C=O) groups excluding carboxylic acids is 1. The predicted octanol–water partition coefficient (Wildman–Crippen LogP) is 2.79. The lowest BCUT2D eigenvalue weighted by atomic mass is 10.1. The minimum Gasteiger partial charge on any atom is -0.267 e. The van der Waals surface area contributed by atoms with Gasteiger partial charge in [-0.15, -0.1) is 0 Å². The molecule has 0 fully saturated rings. The maximum absolute atomic E-state index is 12.6. The number of hydrazone groups is 1. The van der Waals surface area contributed by atoms with E-state index in [4.69, 9.17) is 16.7 Å². The summed E-state index contributed by atoms with van der Waals surface area (Å²) >= 11 is 5.86. The van der Waals surface area contributed by atoms with Crippen molar-refractivity contribution in [3.05, 3.63) is 64.7 Å². The Morgan fingerprint density at radius 2 is 1.68 bits per heavy atom. The Balaban J connectivity index is 1.91. The van der Waals surface area contributed by atoms with Crippen molar-refractivity contribution < 1.29 is 13.2 Å². The topological polar surface area (TPSA) is 92.8 Å². The Labute approximate surface area is 150 Å². The molecule has 0 saturated heterocycles. The van der Waals surface area contributed by atoms with Crippen LogP contribution in [0.3, 0.4) is 0 Å². The number of amides is 1. The maximum atomic E-state index is 12.6. The van der Waals surface area contributed by atoms with Crippen molar-refractivity contribution in [2.24, 2.45) is 10.2 Å². The van der Waals surface area contributed by atoms with Gasteiger partial charge in [-0.05, 0) is 55.0 Å². The number of carbonyl (C=O) groups is 1. The van der Waals surface area contributed by atoms with E-state index < -0.39 is 10.0 Å². The Kier molecular flexibility index (Phi) is 4.47. The molecule has 1 aliphatic rings. The smallest absolute Gasteiger partial charge is 0.267 e. The number of anilines is 1. The highest BCUT2D eigenvalue weighted by Crippen LogP contribution is 2.26. The highest BCUT2D eigenvalue weighted by molar-refractivity contribution is 7.89. The van der Waals surface area contributed by atoms with Crippen LogP contribution in [0.4, 0.5) is 5.69 Å². The second-order valence-corrected chi connectivity index (χ2v) is 7.45. The van der Waals surface area contributed by atoms with E-state index in [0.717, 1.165) is 5.56 Å². The van der Waals surface area contributed by atoms with E-state index in [1.54, 1.807) is 37.3 Å². The van der Waals surface area contributed by atoms with Gasteiger partial charge in [-0.25, -0.2) is 13.6 Å². The van der Waals surface area contributed by atoms with Crippen molar-refractivity contribution in [2.75, 3.05) is 5.01 Å². The fraction of sp³-hybridized carbons (Fsp3) is 0.0588. The molecule has 1 heterocycles. The summed E-state index contributed by atoms with van der Waals surface area (Å²) in [6.45, 7) is 1.73. The molecule has 8 heteroatoms. The third-order valence-electron chi connectivity index (χ3n) is 3.65. The minimum absolute atomic E-state index is 0.0273. The van der Waals surface area contributed by atoms with E-state index in [2.05, 4.69) is 5.10 Å². The van der Waals surface area contributed by atoms with Crippen LogP contribution in [0, 0.1) is 0 Å². The lowest BCUT2D eigenvalue weighted by Crippen LogP contribution is -2.21. The van der Waals surface area contributed by atoms with E-state index in [-0.39, 0.29) is 10.8 Å². The summed E-state index contributed by atoms with van der Waals surface area (Å²) < 4.78 is 22.6. The summed E-state index contributed by atoms with van der Waals surface area (Å²) in [5.74, 6) is -0.296. The summed E-state index contributed by atoms with van der Waals surface area (Å²) in [6, 6.07) is 12.7. The van der Waals surface area contributed by atoms with Crippen LogP contribution >= 0.6 is 11.6 Å². The van der Waals surface area contributed by atoms with Crippen LogP contribution < -0.4 is 10.1 Å². The highest BCUT2D eigenvalue weighted by atomic mass is 35.5. The van der Waals surface area contributed by atoms with Crippen molar-refractivity contribution in [2.45, 2.75) is 11.8 Å². The monoisotopic (exact) mass is 375 g/mol. The van der Waals surface area contributed by atoms with Crippen LogP contribution in [0.2, 0.25) is 5.02 Å². The van der Waals surface area contributed by atoms with Crippen molar-refractivity contribution in [3.63, 3.8) is 0 Å². The number of halogens is 1. The molecule has 2 aromatic rings. The van der Waals surface area contributed by atoms with E-state index in [9.17, 15) is 13.2 Å². The highest BCUT2D eigenvalue weighted by Gasteiger charge is 2.28. The third-order valence-corrected chi connectivity index (χ3v) is 4.83. The number of benzene rings is 2. The molecule has 0 radical (unpaired) electrons. The summed E-state index contributed by atoms with van der Waals surface area (Å²) in [4.78, 5) is 12.6. The fourth-order valence-corrected chi connectivity index (χ4v) is 3.00. The van der Waals surface area contributed by atoms with Gasteiger partial charge in [-0.3, -0.25) is 4.79 Å². The van der Waals surface area contributed by atoms with Crippen molar-refractivity contribution in [3.8, 4) is 0 Å². The lowest BCUT2D eigenvalue weighted by Gasteiger charge is -2.12. The molecule has 0 spiro atoms. The van der Waals surface area contributed by atoms with Crippen molar-refractivity contribution in [1.82, 2.24) is 0 Å². The van der Waals surface area contributed by atoms with Crippen LogP contribution in [0.5, 0.6) is 0 Å². The summed E-state index contributed by atoms with van der Waals surface area (Å²) in [5.41, 5.74) is 2.30. The molecule has 2 aromatic carbocycles. The molecule has 0 bridgehead atoms. The molecule has 1 aliphatic heterocycles. The molecule has 6 nitrogen and oxygen atoms in total. The first kappa shape index (κ1) is 17.3. The van der Waals surface area contributed by atoms with Crippen LogP contribution in [0.1, 0.15) is 12.5 Å². The second kappa shape index (κ2) is 6.44. The van der Waals surface area contributed by atoms with Crippen LogP contribution in [-0.4, -0.2) is 20.0 Å². The van der Waals surface area contributed by atoms with E-state index in [1.807, 2.05) is 0 Å². The summed E-state index contributed by atoms with van der Waals surface area (Å²) in [7, 11) is -3.78. The number of hydrogen-bond acceptors (Lipinski definition) is 4. The first-order valence-electron chi connectivity index (χ1n) is 7.26. The van der Waals surface area contributed by atoms with Crippen molar-refractivity contribution >= 4 is 45.0 Å². The third kappa shape index (κ3) is 3.63. The van der Waals surface area contributed by atoms with E-state index in [0.29, 0.717) is 22.0 Å². The first-order chi connectivity index (χ1) is 11.8. The van der Waals surface area contributed by atoms with Gasteiger partial charge in [-0.1, -0.05) is 23.7 Å². The predicted molar refractivity (Wildman–Crippen MR) is 97.8 cm³/mol. The zero-order valence-corrected chi connectivity index (χ0v) is 14.8. The summed E-state index contributed by atoms with van der Waals surface area (Å²) in [6.07, 6.45) is 1.73.